The minimum atomic E-state index is -0.0432. The van der Waals surface area contributed by atoms with Crippen LogP contribution in [-0.4, -0.2) is 18.6 Å². The van der Waals surface area contributed by atoms with Gasteiger partial charge in [0.15, 0.2) is 0 Å². The van der Waals surface area contributed by atoms with Gasteiger partial charge in [-0.15, -0.1) is 0 Å². The van der Waals surface area contributed by atoms with E-state index in [2.05, 4.69) is 12.2 Å². The van der Waals surface area contributed by atoms with Gasteiger partial charge in [-0.25, -0.2) is 0 Å². The van der Waals surface area contributed by atoms with Crippen molar-refractivity contribution in [2.75, 3.05) is 6.61 Å². The quantitative estimate of drug-likeness (QED) is 0.798. The third-order valence-corrected chi connectivity index (χ3v) is 3.47. The van der Waals surface area contributed by atoms with E-state index in [9.17, 15) is 4.79 Å². The second-order valence-electron chi connectivity index (χ2n) is 5.30. The summed E-state index contributed by atoms with van der Waals surface area (Å²) in [6.45, 7) is 2.64. The molecule has 116 valence electrons. The molecule has 0 aliphatic rings. The molecule has 3 heteroatoms. The van der Waals surface area contributed by atoms with Crippen molar-refractivity contribution in [2.45, 2.75) is 32.2 Å². The molecule has 0 aliphatic heterocycles. The molecule has 0 unspecified atom stereocenters. The van der Waals surface area contributed by atoms with Gasteiger partial charge in [-0.05, 0) is 30.7 Å². The van der Waals surface area contributed by atoms with Crippen molar-refractivity contribution >= 4 is 5.91 Å². The average molecular weight is 297 g/mol. The summed E-state index contributed by atoms with van der Waals surface area (Å²) in [7, 11) is 0. The molecule has 1 atom stereocenters. The zero-order valence-electron chi connectivity index (χ0n) is 13.0. The van der Waals surface area contributed by atoms with Gasteiger partial charge in [0.1, 0.15) is 12.4 Å². The van der Waals surface area contributed by atoms with Crippen LogP contribution in [0.5, 0.6) is 5.75 Å². The highest BCUT2D eigenvalue weighted by molar-refractivity contribution is 5.94. The minimum absolute atomic E-state index is 0.0212. The van der Waals surface area contributed by atoms with E-state index >= 15 is 0 Å². The summed E-state index contributed by atoms with van der Waals surface area (Å²) >= 11 is 0. The molecule has 0 fully saturated rings. The number of carbonyl (C=O) groups excluding carboxylic acids is 1. The smallest absolute Gasteiger partial charge is 0.251 e. The van der Waals surface area contributed by atoms with Gasteiger partial charge in [-0.1, -0.05) is 56.2 Å². The fourth-order valence-electron chi connectivity index (χ4n) is 2.22. The second kappa shape index (κ2) is 8.88. The van der Waals surface area contributed by atoms with Gasteiger partial charge in [-0.2, -0.15) is 0 Å². The summed E-state index contributed by atoms with van der Waals surface area (Å²) in [5, 5.41) is 3.07. The molecule has 2 aromatic rings. The van der Waals surface area contributed by atoms with Crippen molar-refractivity contribution in [1.82, 2.24) is 5.32 Å². The van der Waals surface area contributed by atoms with Crippen LogP contribution in [0.2, 0.25) is 0 Å². The lowest BCUT2D eigenvalue weighted by Gasteiger charge is -2.19. The first-order chi connectivity index (χ1) is 10.8. The van der Waals surface area contributed by atoms with Crippen LogP contribution < -0.4 is 10.1 Å². The molecule has 2 aromatic carbocycles. The maximum Gasteiger partial charge on any atom is 0.251 e. The highest BCUT2D eigenvalue weighted by Crippen LogP contribution is 2.11. The van der Waals surface area contributed by atoms with E-state index in [4.69, 9.17) is 4.74 Å². The molecular weight excluding hydrogens is 274 g/mol. The Balaban J connectivity index is 1.92. The maximum absolute atomic E-state index is 12.3. The van der Waals surface area contributed by atoms with Crippen LogP contribution in [0, 0.1) is 0 Å². The summed E-state index contributed by atoms with van der Waals surface area (Å²) in [6, 6.07) is 19.0. The molecule has 1 N–H and O–H groups in total. The lowest BCUT2D eigenvalue weighted by molar-refractivity contribution is 0.0918. The number of amides is 1. The van der Waals surface area contributed by atoms with Crippen LogP contribution in [0.4, 0.5) is 0 Å². The molecule has 3 nitrogen and oxygen atoms in total. The van der Waals surface area contributed by atoms with Crippen LogP contribution >= 0.6 is 0 Å². The number of nitrogens with one attached hydrogen (secondary N) is 1. The van der Waals surface area contributed by atoms with E-state index < -0.39 is 0 Å². The molecule has 0 heterocycles. The summed E-state index contributed by atoms with van der Waals surface area (Å²) in [5.41, 5.74) is 0.684. The fraction of sp³-hybridized carbons (Fsp3) is 0.316. The molecular formula is C19H23NO2. The number of hydrogen-bond acceptors (Lipinski definition) is 2. The Labute approximate surface area is 132 Å². The predicted molar refractivity (Wildman–Crippen MR) is 89.2 cm³/mol. The highest BCUT2D eigenvalue weighted by atomic mass is 16.5. The standard InChI is InChI=1S/C19H23NO2/c1-2-3-12-17(15-22-18-13-8-5-9-14-18)20-19(21)16-10-6-4-7-11-16/h4-11,13-14,17H,2-3,12,15H2,1H3,(H,20,21)/t17-/m0/s1. The van der Waals surface area contributed by atoms with E-state index in [1.54, 1.807) is 0 Å². The zero-order chi connectivity index (χ0) is 15.6. The molecule has 1 amide bonds. The average Bonchev–Trinajstić information content (AvgIpc) is 2.59. The number of carbonyl (C=O) groups is 1. The van der Waals surface area contributed by atoms with Crippen LogP contribution in [0.1, 0.15) is 36.5 Å². The molecule has 2 rings (SSSR count). The van der Waals surface area contributed by atoms with E-state index in [0.29, 0.717) is 12.2 Å². The van der Waals surface area contributed by atoms with Gasteiger partial charge in [0.2, 0.25) is 0 Å². The number of para-hydroxylation sites is 1. The number of rotatable bonds is 8. The normalized spacial score (nSPS) is 11.7. The summed E-state index contributed by atoms with van der Waals surface area (Å²) in [6.07, 6.45) is 3.09. The molecule has 0 saturated carbocycles. The fourth-order valence-corrected chi connectivity index (χ4v) is 2.22. The third kappa shape index (κ3) is 5.24. The molecule has 0 aliphatic carbocycles. The Bertz CT molecular complexity index is 554. The first-order valence-corrected chi connectivity index (χ1v) is 7.83. The van der Waals surface area contributed by atoms with E-state index in [1.807, 2.05) is 60.7 Å². The highest BCUT2D eigenvalue weighted by Gasteiger charge is 2.14. The molecule has 0 saturated heterocycles. The van der Waals surface area contributed by atoms with Gasteiger partial charge >= 0.3 is 0 Å². The SMILES string of the molecule is CCCC[C@@H](COc1ccccc1)NC(=O)c1ccccc1. The predicted octanol–water partition coefficient (Wildman–Crippen LogP) is 4.05. The monoisotopic (exact) mass is 297 g/mol. The van der Waals surface area contributed by atoms with Crippen LogP contribution in [-0.2, 0) is 0 Å². The minimum Gasteiger partial charge on any atom is -0.491 e. The lowest BCUT2D eigenvalue weighted by Crippen LogP contribution is -2.39. The van der Waals surface area contributed by atoms with Crippen LogP contribution in [0.25, 0.3) is 0 Å². The Kier molecular flexibility index (Phi) is 6.49. The van der Waals surface area contributed by atoms with Gasteiger partial charge in [-0.3, -0.25) is 4.79 Å². The number of unbranched alkanes of at least 4 members (excludes halogenated alkanes) is 1. The van der Waals surface area contributed by atoms with Crippen molar-refractivity contribution in [3.8, 4) is 5.75 Å². The second-order valence-corrected chi connectivity index (χ2v) is 5.30. The largest absolute Gasteiger partial charge is 0.491 e. The van der Waals surface area contributed by atoms with E-state index in [1.165, 1.54) is 0 Å². The van der Waals surface area contributed by atoms with Crippen molar-refractivity contribution in [2.24, 2.45) is 0 Å². The molecule has 0 aromatic heterocycles. The van der Waals surface area contributed by atoms with Crippen molar-refractivity contribution < 1.29 is 9.53 Å². The summed E-state index contributed by atoms with van der Waals surface area (Å²) in [5.74, 6) is 0.788. The number of benzene rings is 2. The maximum atomic E-state index is 12.3. The van der Waals surface area contributed by atoms with Gasteiger partial charge in [0.25, 0.3) is 5.91 Å². The van der Waals surface area contributed by atoms with Gasteiger partial charge in [0.05, 0.1) is 6.04 Å². The number of hydrogen-bond donors (Lipinski definition) is 1. The third-order valence-electron chi connectivity index (χ3n) is 3.47. The lowest BCUT2D eigenvalue weighted by atomic mass is 10.1. The topological polar surface area (TPSA) is 38.3 Å². The summed E-state index contributed by atoms with van der Waals surface area (Å²) in [4.78, 5) is 12.3. The van der Waals surface area contributed by atoms with Crippen LogP contribution in [0.3, 0.4) is 0 Å². The Morgan fingerprint density at radius 3 is 2.32 bits per heavy atom. The van der Waals surface area contributed by atoms with Gasteiger partial charge < -0.3 is 10.1 Å². The first kappa shape index (κ1) is 16.1. The van der Waals surface area contributed by atoms with E-state index in [-0.39, 0.29) is 11.9 Å². The van der Waals surface area contributed by atoms with E-state index in [0.717, 1.165) is 25.0 Å². The number of ether oxygens (including phenoxy) is 1. The molecule has 0 bridgehead atoms. The van der Waals surface area contributed by atoms with Crippen molar-refractivity contribution in [1.29, 1.82) is 0 Å². The van der Waals surface area contributed by atoms with Gasteiger partial charge in [0, 0.05) is 5.56 Å². The molecule has 0 radical (unpaired) electrons. The molecule has 22 heavy (non-hydrogen) atoms. The summed E-state index contributed by atoms with van der Waals surface area (Å²) < 4.78 is 5.79. The zero-order valence-corrected chi connectivity index (χ0v) is 13.0. The first-order valence-electron chi connectivity index (χ1n) is 7.83. The Hall–Kier alpha value is -2.29. The Morgan fingerprint density at radius 1 is 1.05 bits per heavy atom. The molecule has 0 spiro atoms. The van der Waals surface area contributed by atoms with Crippen molar-refractivity contribution in [3.63, 3.8) is 0 Å². The van der Waals surface area contributed by atoms with Crippen molar-refractivity contribution in [3.05, 3.63) is 66.2 Å². The van der Waals surface area contributed by atoms with Crippen LogP contribution in [0.15, 0.2) is 60.7 Å². The Morgan fingerprint density at radius 2 is 1.68 bits per heavy atom.